The van der Waals surface area contributed by atoms with Gasteiger partial charge >= 0.3 is 0 Å². The Bertz CT molecular complexity index is 434. The zero-order valence-electron chi connectivity index (χ0n) is 8.99. The van der Waals surface area contributed by atoms with Crippen molar-refractivity contribution in [1.29, 1.82) is 0 Å². The third-order valence-electron chi connectivity index (χ3n) is 2.80. The highest BCUT2D eigenvalue weighted by Crippen LogP contribution is 2.66. The van der Waals surface area contributed by atoms with Crippen LogP contribution < -0.4 is 0 Å². The number of rotatable bonds is 0. The summed E-state index contributed by atoms with van der Waals surface area (Å²) in [5, 5.41) is 0. The Morgan fingerprint density at radius 2 is 1.12 bits per heavy atom. The Morgan fingerprint density at radius 3 is 1.71 bits per heavy atom. The molecule has 0 saturated heterocycles. The topological polar surface area (TPSA) is 0 Å². The van der Waals surface area contributed by atoms with E-state index in [1.165, 1.54) is 30.8 Å². The van der Waals surface area contributed by atoms with Gasteiger partial charge < -0.3 is 0 Å². The number of allylic oxidation sites excluding steroid dienone is 2. The third kappa shape index (κ3) is 2.27. The van der Waals surface area contributed by atoms with E-state index in [0.29, 0.717) is 0 Å². The Hall–Kier alpha value is 1.32. The lowest BCUT2D eigenvalue weighted by Crippen LogP contribution is -1.88. The van der Waals surface area contributed by atoms with E-state index in [2.05, 4.69) is 47.0 Å². The summed E-state index contributed by atoms with van der Waals surface area (Å²) in [6.07, 6.45) is 4.04. The maximum Gasteiger partial charge on any atom is 0.0717 e. The lowest BCUT2D eigenvalue weighted by atomic mass is 10.4. The van der Waals surface area contributed by atoms with Crippen LogP contribution in [0.2, 0.25) is 0 Å². The van der Waals surface area contributed by atoms with Gasteiger partial charge in [0.25, 0.3) is 0 Å². The Balaban J connectivity index is 1.55. The van der Waals surface area contributed by atoms with Crippen molar-refractivity contribution < 1.29 is 0 Å². The second kappa shape index (κ2) is 5.02. The number of thioether (sulfide) groups is 6. The molecule has 0 unspecified atom stereocenters. The van der Waals surface area contributed by atoms with Gasteiger partial charge in [0.15, 0.2) is 0 Å². The molecule has 90 valence electrons. The molecule has 0 atom stereocenters. The Morgan fingerprint density at radius 1 is 0.588 bits per heavy atom. The van der Waals surface area contributed by atoms with Crippen molar-refractivity contribution in [3.8, 4) is 0 Å². The van der Waals surface area contributed by atoms with Gasteiger partial charge in [-0.3, -0.25) is 0 Å². The zero-order chi connectivity index (χ0) is 11.2. The molecule has 0 N–H and O–H groups in total. The van der Waals surface area contributed by atoms with Crippen LogP contribution in [0.4, 0.5) is 0 Å². The van der Waals surface area contributed by atoms with Gasteiger partial charge in [-0.2, -0.15) is 0 Å². The summed E-state index contributed by atoms with van der Waals surface area (Å²) in [4.78, 5) is 3.34. The fourth-order valence-corrected chi connectivity index (χ4v) is 11.2. The Kier molecular flexibility index (Phi) is 3.57. The molecular formula is C11H10S6. The predicted octanol–water partition coefficient (Wildman–Crippen LogP) is 6.08. The van der Waals surface area contributed by atoms with Crippen molar-refractivity contribution in [1.82, 2.24) is 0 Å². The first-order valence-corrected chi connectivity index (χ1v) is 10.8. The van der Waals surface area contributed by atoms with E-state index in [1.54, 1.807) is 26.8 Å². The normalized spacial score (nSPS) is 28.2. The van der Waals surface area contributed by atoms with Crippen LogP contribution in [0.5, 0.6) is 0 Å². The van der Waals surface area contributed by atoms with Gasteiger partial charge in [-0.25, -0.2) is 0 Å². The van der Waals surface area contributed by atoms with Crippen molar-refractivity contribution >= 4 is 70.6 Å². The summed E-state index contributed by atoms with van der Waals surface area (Å²) in [7, 11) is 0. The molecule has 17 heavy (non-hydrogen) atoms. The molecule has 0 bridgehead atoms. The molecule has 0 aromatic rings. The summed E-state index contributed by atoms with van der Waals surface area (Å²) in [6.45, 7) is 0. The van der Waals surface area contributed by atoms with Gasteiger partial charge in [-0.1, -0.05) is 47.0 Å². The van der Waals surface area contributed by atoms with Crippen molar-refractivity contribution in [2.75, 3.05) is 11.5 Å². The standard InChI is InChI=1S/C11H10S6/c1-2-6-7(3-1)15-10(14-6)11-16-8-9(17-11)13-5-4-12-8/h1-5H2. The van der Waals surface area contributed by atoms with Gasteiger partial charge in [0.1, 0.15) is 0 Å². The van der Waals surface area contributed by atoms with E-state index in [1.807, 2.05) is 23.5 Å². The van der Waals surface area contributed by atoms with Gasteiger partial charge in [0, 0.05) is 21.3 Å². The van der Waals surface area contributed by atoms with Crippen LogP contribution in [0.1, 0.15) is 19.3 Å². The van der Waals surface area contributed by atoms with E-state index in [0.717, 1.165) is 0 Å². The highest BCUT2D eigenvalue weighted by molar-refractivity contribution is 8.43. The van der Waals surface area contributed by atoms with E-state index >= 15 is 0 Å². The molecule has 0 radical (unpaired) electrons. The van der Waals surface area contributed by atoms with Gasteiger partial charge in [-0.15, -0.1) is 23.5 Å². The monoisotopic (exact) mass is 334 g/mol. The Labute approximate surface area is 127 Å². The molecular weight excluding hydrogens is 325 g/mol. The van der Waals surface area contributed by atoms with Crippen LogP contribution in [0, 0.1) is 0 Å². The summed E-state index contributed by atoms with van der Waals surface area (Å²) >= 11 is 12.3. The van der Waals surface area contributed by atoms with Crippen molar-refractivity contribution in [3.63, 3.8) is 0 Å². The predicted molar refractivity (Wildman–Crippen MR) is 90.2 cm³/mol. The smallest absolute Gasteiger partial charge is 0.0717 e. The minimum atomic E-state index is 1.29. The van der Waals surface area contributed by atoms with Crippen molar-refractivity contribution in [3.05, 3.63) is 26.8 Å². The van der Waals surface area contributed by atoms with Crippen LogP contribution in [0.25, 0.3) is 0 Å². The van der Waals surface area contributed by atoms with E-state index in [4.69, 9.17) is 0 Å². The number of hydrogen-bond acceptors (Lipinski definition) is 6. The van der Waals surface area contributed by atoms with Gasteiger partial charge in [-0.05, 0) is 19.3 Å². The highest BCUT2D eigenvalue weighted by atomic mass is 32.3. The molecule has 0 amide bonds. The lowest BCUT2D eigenvalue weighted by molar-refractivity contribution is 0.921. The molecule has 0 fully saturated rings. The fourth-order valence-electron chi connectivity index (χ4n) is 2.03. The maximum absolute atomic E-state index is 2.06. The molecule has 1 aliphatic carbocycles. The molecule has 0 saturated carbocycles. The minimum absolute atomic E-state index is 1.29. The zero-order valence-corrected chi connectivity index (χ0v) is 13.9. The summed E-state index contributed by atoms with van der Waals surface area (Å²) in [5.74, 6) is 2.57. The lowest BCUT2D eigenvalue weighted by Gasteiger charge is -2.08. The average molecular weight is 335 g/mol. The van der Waals surface area contributed by atoms with E-state index in [9.17, 15) is 0 Å². The summed E-state index contributed by atoms with van der Waals surface area (Å²) in [6, 6.07) is 0. The molecule has 0 nitrogen and oxygen atoms in total. The van der Waals surface area contributed by atoms with Crippen molar-refractivity contribution in [2.45, 2.75) is 19.3 Å². The third-order valence-corrected chi connectivity index (χ3v) is 11.9. The molecule has 0 aromatic carbocycles. The second-order valence-electron chi connectivity index (χ2n) is 3.95. The first-order chi connectivity index (χ1) is 8.40. The summed E-state index contributed by atoms with van der Waals surface area (Å²) < 4.78 is 6.27. The van der Waals surface area contributed by atoms with Crippen LogP contribution in [0.15, 0.2) is 26.8 Å². The van der Waals surface area contributed by atoms with Gasteiger partial charge in [0.05, 0.1) is 16.9 Å². The molecule has 6 heteroatoms. The maximum atomic E-state index is 2.06. The van der Waals surface area contributed by atoms with Gasteiger partial charge in [0.2, 0.25) is 0 Å². The molecule has 0 spiro atoms. The average Bonchev–Trinajstić information content (AvgIpc) is 3.01. The molecule has 3 aliphatic heterocycles. The molecule has 3 heterocycles. The van der Waals surface area contributed by atoms with Crippen LogP contribution in [-0.4, -0.2) is 11.5 Å². The fraction of sp³-hybridized carbons (Fsp3) is 0.455. The van der Waals surface area contributed by atoms with E-state index < -0.39 is 0 Å². The quantitative estimate of drug-likeness (QED) is 0.523. The first kappa shape index (κ1) is 12.1. The SMILES string of the molecule is C1CC2=C(C1)SC(=C1SC3=C(SCCS3)S1)S2. The highest BCUT2D eigenvalue weighted by Gasteiger charge is 2.32. The largest absolute Gasteiger partial charge is 0.116 e. The number of hydrogen-bond donors (Lipinski definition) is 0. The van der Waals surface area contributed by atoms with Crippen LogP contribution in [0.3, 0.4) is 0 Å². The minimum Gasteiger partial charge on any atom is -0.116 e. The van der Waals surface area contributed by atoms with E-state index in [-0.39, 0.29) is 0 Å². The molecule has 0 aromatic heterocycles. The summed E-state index contributed by atoms with van der Waals surface area (Å²) in [5.41, 5.74) is 0. The first-order valence-electron chi connectivity index (χ1n) is 5.58. The van der Waals surface area contributed by atoms with Crippen LogP contribution >= 0.6 is 70.6 Å². The van der Waals surface area contributed by atoms with Crippen LogP contribution in [-0.2, 0) is 0 Å². The van der Waals surface area contributed by atoms with Crippen molar-refractivity contribution in [2.24, 2.45) is 0 Å². The molecule has 4 aliphatic rings. The molecule has 4 rings (SSSR count). The second-order valence-corrected chi connectivity index (χ2v) is 11.5.